The van der Waals surface area contributed by atoms with Crippen molar-refractivity contribution >= 4 is 5.91 Å². The van der Waals surface area contributed by atoms with Crippen molar-refractivity contribution in [1.82, 2.24) is 4.90 Å². The summed E-state index contributed by atoms with van der Waals surface area (Å²) in [5.41, 5.74) is 1.12. The zero-order chi connectivity index (χ0) is 18.4. The van der Waals surface area contributed by atoms with Gasteiger partial charge in [-0.3, -0.25) is 4.79 Å². The number of ether oxygens (including phenoxy) is 2. The van der Waals surface area contributed by atoms with Gasteiger partial charge in [-0.15, -0.1) is 0 Å². The molecule has 0 radical (unpaired) electrons. The van der Waals surface area contributed by atoms with Crippen LogP contribution in [0.25, 0.3) is 0 Å². The Bertz CT molecular complexity index is 552. The smallest absolute Gasteiger partial charge is 0.406 e. The first-order chi connectivity index (χ1) is 11.8. The number of hydrogen-bond donors (Lipinski definition) is 0. The van der Waals surface area contributed by atoms with Gasteiger partial charge in [-0.25, -0.2) is 0 Å². The van der Waals surface area contributed by atoms with E-state index < -0.39 is 31.3 Å². The molecule has 1 aromatic carbocycles. The van der Waals surface area contributed by atoms with Crippen LogP contribution in [-0.2, 0) is 9.53 Å². The van der Waals surface area contributed by atoms with Crippen LogP contribution in [0, 0.1) is 0 Å². The van der Waals surface area contributed by atoms with Gasteiger partial charge in [-0.1, -0.05) is 26.0 Å². The minimum Gasteiger partial charge on any atom is -0.484 e. The minimum absolute atomic E-state index is 0.365. The lowest BCUT2D eigenvalue weighted by Gasteiger charge is -2.34. The maximum Gasteiger partial charge on any atom is 0.406 e. The topological polar surface area (TPSA) is 38.8 Å². The third kappa shape index (κ3) is 6.23. The van der Waals surface area contributed by atoms with Gasteiger partial charge in [0.2, 0.25) is 0 Å². The predicted molar refractivity (Wildman–Crippen MR) is 87.6 cm³/mol. The van der Waals surface area contributed by atoms with Crippen LogP contribution in [0.3, 0.4) is 0 Å². The highest BCUT2D eigenvalue weighted by atomic mass is 19.4. The Hall–Kier alpha value is -1.76. The van der Waals surface area contributed by atoms with E-state index in [0.717, 1.165) is 10.5 Å². The first-order valence-electron chi connectivity index (χ1n) is 8.43. The summed E-state index contributed by atoms with van der Waals surface area (Å²) in [6.45, 7) is 3.18. The molecule has 0 N–H and O–H groups in total. The summed E-state index contributed by atoms with van der Waals surface area (Å²) in [4.78, 5) is 13.2. The van der Waals surface area contributed by atoms with Crippen LogP contribution in [0.1, 0.15) is 38.2 Å². The number of alkyl halides is 3. The molecule has 0 saturated carbocycles. The monoisotopic (exact) mass is 359 g/mol. The lowest BCUT2D eigenvalue weighted by Crippen LogP contribution is -2.49. The normalized spacial score (nSPS) is 16.1. The Morgan fingerprint density at radius 1 is 1.24 bits per heavy atom. The van der Waals surface area contributed by atoms with Crippen LogP contribution in [0.5, 0.6) is 5.75 Å². The van der Waals surface area contributed by atoms with E-state index >= 15 is 0 Å². The molecule has 7 heteroatoms. The number of halogens is 3. The predicted octanol–water partition coefficient (Wildman–Crippen LogP) is 3.76. The van der Waals surface area contributed by atoms with Gasteiger partial charge in [-0.2, -0.15) is 13.2 Å². The molecule has 0 aromatic heterocycles. The molecule has 0 aliphatic carbocycles. The Labute approximate surface area is 145 Å². The zero-order valence-corrected chi connectivity index (χ0v) is 14.5. The summed E-state index contributed by atoms with van der Waals surface area (Å²) in [6.07, 6.45) is -3.62. The van der Waals surface area contributed by atoms with Crippen molar-refractivity contribution in [2.75, 3.05) is 26.4 Å². The Morgan fingerprint density at radius 2 is 1.84 bits per heavy atom. The van der Waals surface area contributed by atoms with Crippen molar-refractivity contribution in [2.45, 2.75) is 44.8 Å². The molecule has 1 fully saturated rings. The van der Waals surface area contributed by atoms with E-state index in [4.69, 9.17) is 9.47 Å². The number of nitrogens with zero attached hydrogens (tertiary/aromatic N) is 1. The van der Waals surface area contributed by atoms with E-state index in [1.165, 1.54) is 0 Å². The van der Waals surface area contributed by atoms with Crippen LogP contribution in [0.15, 0.2) is 24.3 Å². The number of benzene rings is 1. The number of rotatable bonds is 6. The van der Waals surface area contributed by atoms with E-state index in [1.807, 2.05) is 12.1 Å². The molecule has 1 aromatic rings. The molecule has 0 unspecified atom stereocenters. The number of carbonyl (C=O) groups is 1. The molecule has 2 rings (SSSR count). The Balaban J connectivity index is 1.98. The standard InChI is InChI=1S/C18H24F3NO3/c1-13(2)14-3-5-16(6-4-14)25-11-17(23)22(12-18(19,20)21)15-7-9-24-10-8-15/h3-6,13,15H,7-12H2,1-2H3. The summed E-state index contributed by atoms with van der Waals surface area (Å²) >= 11 is 0. The first kappa shape index (κ1) is 19.6. The fraction of sp³-hybridized carbons (Fsp3) is 0.611. The quantitative estimate of drug-likeness (QED) is 0.776. The van der Waals surface area contributed by atoms with E-state index in [0.29, 0.717) is 37.7 Å². The van der Waals surface area contributed by atoms with Gasteiger partial charge in [0.15, 0.2) is 6.61 Å². The second-order valence-electron chi connectivity index (χ2n) is 6.49. The highest BCUT2D eigenvalue weighted by Crippen LogP contribution is 2.23. The Kier molecular flexibility index (Phi) is 6.70. The van der Waals surface area contributed by atoms with Crippen molar-refractivity contribution in [3.63, 3.8) is 0 Å². The lowest BCUT2D eigenvalue weighted by molar-refractivity contribution is -0.170. The van der Waals surface area contributed by atoms with Gasteiger partial charge in [0.25, 0.3) is 5.91 Å². The highest BCUT2D eigenvalue weighted by Gasteiger charge is 2.37. The van der Waals surface area contributed by atoms with Crippen molar-refractivity contribution < 1.29 is 27.4 Å². The molecule has 1 saturated heterocycles. The molecular weight excluding hydrogens is 335 g/mol. The zero-order valence-electron chi connectivity index (χ0n) is 14.5. The van der Waals surface area contributed by atoms with Gasteiger partial charge in [-0.05, 0) is 36.5 Å². The van der Waals surface area contributed by atoms with Gasteiger partial charge < -0.3 is 14.4 Å². The average Bonchev–Trinajstić information content (AvgIpc) is 2.58. The summed E-state index contributed by atoms with van der Waals surface area (Å²) < 4.78 is 49.1. The molecule has 1 aliphatic heterocycles. The number of amides is 1. The SMILES string of the molecule is CC(C)c1ccc(OCC(=O)N(CC(F)(F)F)C2CCOCC2)cc1. The molecule has 140 valence electrons. The largest absolute Gasteiger partial charge is 0.484 e. The molecule has 1 aliphatic rings. The third-order valence-corrected chi connectivity index (χ3v) is 4.21. The van der Waals surface area contributed by atoms with Crippen molar-refractivity contribution in [1.29, 1.82) is 0 Å². The van der Waals surface area contributed by atoms with E-state index in [1.54, 1.807) is 12.1 Å². The fourth-order valence-electron chi connectivity index (χ4n) is 2.79. The van der Waals surface area contributed by atoms with Crippen LogP contribution in [0.2, 0.25) is 0 Å². The summed E-state index contributed by atoms with van der Waals surface area (Å²) in [5.74, 6) is 0.181. The molecule has 4 nitrogen and oxygen atoms in total. The van der Waals surface area contributed by atoms with E-state index in [-0.39, 0.29) is 0 Å². The first-order valence-corrected chi connectivity index (χ1v) is 8.43. The van der Waals surface area contributed by atoms with Gasteiger partial charge in [0.1, 0.15) is 12.3 Å². The molecule has 0 spiro atoms. The third-order valence-electron chi connectivity index (χ3n) is 4.21. The lowest BCUT2D eigenvalue weighted by atomic mass is 10.0. The van der Waals surface area contributed by atoms with Crippen LogP contribution in [0.4, 0.5) is 13.2 Å². The van der Waals surface area contributed by atoms with Gasteiger partial charge in [0.05, 0.1) is 0 Å². The highest BCUT2D eigenvalue weighted by molar-refractivity contribution is 5.78. The summed E-state index contributed by atoms with van der Waals surface area (Å²) in [7, 11) is 0. The van der Waals surface area contributed by atoms with E-state index in [9.17, 15) is 18.0 Å². The van der Waals surface area contributed by atoms with Crippen LogP contribution < -0.4 is 4.74 Å². The second kappa shape index (κ2) is 8.56. The maximum absolute atomic E-state index is 12.8. The molecule has 0 bridgehead atoms. The number of hydrogen-bond acceptors (Lipinski definition) is 3. The maximum atomic E-state index is 12.8. The van der Waals surface area contributed by atoms with Gasteiger partial charge >= 0.3 is 6.18 Å². The van der Waals surface area contributed by atoms with Crippen LogP contribution >= 0.6 is 0 Å². The summed E-state index contributed by atoms with van der Waals surface area (Å²) in [6, 6.07) is 6.76. The second-order valence-corrected chi connectivity index (χ2v) is 6.49. The molecular formula is C18H24F3NO3. The molecule has 1 amide bonds. The molecule has 1 heterocycles. The summed E-state index contributed by atoms with van der Waals surface area (Å²) in [5, 5.41) is 0. The molecule has 25 heavy (non-hydrogen) atoms. The van der Waals surface area contributed by atoms with Crippen molar-refractivity contribution in [3.8, 4) is 5.75 Å². The van der Waals surface area contributed by atoms with Crippen molar-refractivity contribution in [2.24, 2.45) is 0 Å². The van der Waals surface area contributed by atoms with Crippen molar-refractivity contribution in [3.05, 3.63) is 29.8 Å². The molecule has 0 atom stereocenters. The Morgan fingerprint density at radius 3 is 2.36 bits per heavy atom. The minimum atomic E-state index is -4.44. The number of carbonyl (C=O) groups excluding carboxylic acids is 1. The van der Waals surface area contributed by atoms with Gasteiger partial charge in [0, 0.05) is 19.3 Å². The van der Waals surface area contributed by atoms with E-state index in [2.05, 4.69) is 13.8 Å². The fourth-order valence-corrected chi connectivity index (χ4v) is 2.79. The average molecular weight is 359 g/mol. The van der Waals surface area contributed by atoms with Crippen LogP contribution in [-0.4, -0.2) is 49.4 Å².